The number of nitrogens with zero attached hydrogens (tertiary/aromatic N) is 4. The minimum absolute atomic E-state index is 0.363. The van der Waals surface area contributed by atoms with Crippen molar-refractivity contribution in [2.24, 2.45) is 0 Å². The SMILES string of the molecule is Cc1nnc(CN2CCCN(C)C3(CCNCC3)C2)s1. The molecule has 3 rings (SSSR count). The highest BCUT2D eigenvalue weighted by atomic mass is 32.1. The Hall–Kier alpha value is -0.560. The average molecular weight is 295 g/mol. The van der Waals surface area contributed by atoms with Crippen molar-refractivity contribution in [3.63, 3.8) is 0 Å². The van der Waals surface area contributed by atoms with E-state index in [1.54, 1.807) is 11.3 Å². The van der Waals surface area contributed by atoms with Gasteiger partial charge in [0, 0.05) is 12.1 Å². The molecular weight excluding hydrogens is 270 g/mol. The van der Waals surface area contributed by atoms with Crippen molar-refractivity contribution in [3.8, 4) is 0 Å². The summed E-state index contributed by atoms with van der Waals surface area (Å²) in [6, 6.07) is 0. The van der Waals surface area contributed by atoms with Crippen molar-refractivity contribution in [2.45, 2.75) is 38.3 Å². The number of aryl methyl sites for hydroxylation is 1. The van der Waals surface area contributed by atoms with Gasteiger partial charge in [0.15, 0.2) is 0 Å². The molecule has 2 saturated heterocycles. The predicted octanol–water partition coefficient (Wildman–Crippen LogP) is 1.11. The lowest BCUT2D eigenvalue weighted by Crippen LogP contribution is -2.57. The molecule has 0 unspecified atom stereocenters. The lowest BCUT2D eigenvalue weighted by molar-refractivity contribution is 0.0637. The molecule has 2 fully saturated rings. The van der Waals surface area contributed by atoms with E-state index in [1.165, 1.54) is 38.9 Å². The average Bonchev–Trinajstić information content (AvgIpc) is 2.78. The van der Waals surface area contributed by atoms with Gasteiger partial charge in [-0.2, -0.15) is 0 Å². The third-order valence-corrected chi connectivity index (χ3v) is 5.58. The van der Waals surface area contributed by atoms with Crippen LogP contribution in [0, 0.1) is 6.92 Å². The Kier molecular flexibility index (Phi) is 4.35. The summed E-state index contributed by atoms with van der Waals surface area (Å²) >= 11 is 1.73. The highest BCUT2D eigenvalue weighted by Crippen LogP contribution is 2.29. The van der Waals surface area contributed by atoms with E-state index >= 15 is 0 Å². The van der Waals surface area contributed by atoms with Crippen LogP contribution in [0.15, 0.2) is 0 Å². The van der Waals surface area contributed by atoms with Crippen molar-refractivity contribution in [1.29, 1.82) is 0 Å². The molecule has 1 N–H and O–H groups in total. The minimum Gasteiger partial charge on any atom is -0.317 e. The van der Waals surface area contributed by atoms with Crippen molar-refractivity contribution in [3.05, 3.63) is 10.0 Å². The van der Waals surface area contributed by atoms with Crippen LogP contribution < -0.4 is 5.32 Å². The smallest absolute Gasteiger partial charge is 0.131 e. The third kappa shape index (κ3) is 3.03. The Bertz CT molecular complexity index is 441. The van der Waals surface area contributed by atoms with Gasteiger partial charge < -0.3 is 5.32 Å². The maximum Gasteiger partial charge on any atom is 0.131 e. The summed E-state index contributed by atoms with van der Waals surface area (Å²) < 4.78 is 0. The molecule has 5 nitrogen and oxygen atoms in total. The predicted molar refractivity (Wildman–Crippen MR) is 82.0 cm³/mol. The van der Waals surface area contributed by atoms with Crippen LogP contribution in [0.5, 0.6) is 0 Å². The van der Waals surface area contributed by atoms with Crippen molar-refractivity contribution < 1.29 is 0 Å². The first-order chi connectivity index (χ1) is 9.68. The van der Waals surface area contributed by atoms with E-state index in [1.807, 2.05) is 6.92 Å². The Morgan fingerprint density at radius 1 is 1.25 bits per heavy atom. The monoisotopic (exact) mass is 295 g/mol. The summed E-state index contributed by atoms with van der Waals surface area (Å²) in [6.45, 7) is 8.86. The van der Waals surface area contributed by atoms with Gasteiger partial charge in [0.05, 0.1) is 6.54 Å². The Labute approximate surface area is 125 Å². The van der Waals surface area contributed by atoms with Crippen LogP contribution in [0.4, 0.5) is 0 Å². The number of piperidine rings is 1. The molecule has 3 heterocycles. The molecule has 0 aliphatic carbocycles. The molecule has 0 bridgehead atoms. The molecule has 0 aromatic carbocycles. The molecule has 1 spiro atoms. The molecule has 20 heavy (non-hydrogen) atoms. The first kappa shape index (κ1) is 14.4. The van der Waals surface area contributed by atoms with Crippen LogP contribution in [-0.4, -0.2) is 65.3 Å². The molecule has 0 amide bonds. The second-order valence-corrected chi connectivity index (χ2v) is 7.44. The molecule has 0 saturated carbocycles. The minimum atomic E-state index is 0.363. The van der Waals surface area contributed by atoms with E-state index in [9.17, 15) is 0 Å². The van der Waals surface area contributed by atoms with Gasteiger partial charge in [-0.3, -0.25) is 9.80 Å². The fourth-order valence-corrected chi connectivity index (χ4v) is 4.30. The fourth-order valence-electron chi connectivity index (χ4n) is 3.54. The standard InChI is InChI=1S/C14H25N5S/c1-12-16-17-13(20-12)10-19-9-3-8-18(2)14(11-19)4-6-15-7-5-14/h15H,3-11H2,1-2H3. The summed E-state index contributed by atoms with van der Waals surface area (Å²) in [5, 5.41) is 14.2. The van der Waals surface area contributed by atoms with Gasteiger partial charge in [-0.15, -0.1) is 21.5 Å². The summed E-state index contributed by atoms with van der Waals surface area (Å²) in [5.41, 5.74) is 0.363. The molecule has 0 atom stereocenters. The van der Waals surface area contributed by atoms with Gasteiger partial charge >= 0.3 is 0 Å². The molecule has 0 radical (unpaired) electrons. The number of likely N-dealkylation sites (N-methyl/N-ethyl adjacent to an activating group) is 1. The molecule has 6 heteroatoms. The first-order valence-corrected chi connectivity index (χ1v) is 8.43. The fraction of sp³-hybridized carbons (Fsp3) is 0.857. The number of hydrogen-bond donors (Lipinski definition) is 1. The number of aromatic nitrogens is 2. The maximum absolute atomic E-state index is 4.29. The number of hydrogen-bond acceptors (Lipinski definition) is 6. The lowest BCUT2D eigenvalue weighted by Gasteiger charge is -2.45. The number of nitrogens with one attached hydrogen (secondary N) is 1. The van der Waals surface area contributed by atoms with Crippen LogP contribution in [-0.2, 0) is 6.54 Å². The van der Waals surface area contributed by atoms with Gasteiger partial charge in [-0.05, 0) is 59.4 Å². The van der Waals surface area contributed by atoms with Crippen molar-refractivity contribution >= 4 is 11.3 Å². The van der Waals surface area contributed by atoms with Crippen LogP contribution in [0.3, 0.4) is 0 Å². The van der Waals surface area contributed by atoms with Gasteiger partial charge in [0.2, 0.25) is 0 Å². The zero-order chi connectivity index (χ0) is 14.0. The molecule has 2 aliphatic heterocycles. The second kappa shape index (κ2) is 6.05. The van der Waals surface area contributed by atoms with Crippen molar-refractivity contribution in [1.82, 2.24) is 25.3 Å². The van der Waals surface area contributed by atoms with Crippen LogP contribution >= 0.6 is 11.3 Å². The van der Waals surface area contributed by atoms with Gasteiger partial charge in [-0.25, -0.2) is 0 Å². The van der Waals surface area contributed by atoms with E-state index in [2.05, 4.69) is 32.4 Å². The quantitative estimate of drug-likeness (QED) is 0.885. The normalized spacial score (nSPS) is 24.9. The molecule has 2 aliphatic rings. The van der Waals surface area contributed by atoms with Crippen LogP contribution in [0.25, 0.3) is 0 Å². The summed E-state index contributed by atoms with van der Waals surface area (Å²) in [6.07, 6.45) is 3.77. The molecule has 1 aromatic heterocycles. The topological polar surface area (TPSA) is 44.3 Å². The highest BCUT2D eigenvalue weighted by molar-refractivity contribution is 7.11. The highest BCUT2D eigenvalue weighted by Gasteiger charge is 2.39. The van der Waals surface area contributed by atoms with Gasteiger partial charge in [-0.1, -0.05) is 0 Å². The summed E-state index contributed by atoms with van der Waals surface area (Å²) in [5.74, 6) is 0. The van der Waals surface area contributed by atoms with E-state index in [4.69, 9.17) is 0 Å². The largest absolute Gasteiger partial charge is 0.317 e. The summed E-state index contributed by atoms with van der Waals surface area (Å²) in [7, 11) is 2.31. The van der Waals surface area contributed by atoms with E-state index in [0.717, 1.165) is 29.6 Å². The Balaban J connectivity index is 1.71. The second-order valence-electron chi connectivity index (χ2n) is 6.17. The zero-order valence-corrected chi connectivity index (χ0v) is 13.4. The van der Waals surface area contributed by atoms with Crippen LogP contribution in [0.1, 0.15) is 29.3 Å². The van der Waals surface area contributed by atoms with E-state index in [-0.39, 0.29) is 0 Å². The van der Waals surface area contributed by atoms with Gasteiger partial charge in [0.25, 0.3) is 0 Å². The Morgan fingerprint density at radius 2 is 2.05 bits per heavy atom. The summed E-state index contributed by atoms with van der Waals surface area (Å²) in [4.78, 5) is 5.20. The molecule has 112 valence electrons. The van der Waals surface area contributed by atoms with E-state index < -0.39 is 0 Å². The first-order valence-electron chi connectivity index (χ1n) is 7.61. The molecular formula is C14H25N5S. The number of rotatable bonds is 2. The molecule has 1 aromatic rings. The third-order valence-electron chi connectivity index (χ3n) is 4.76. The maximum atomic E-state index is 4.29. The zero-order valence-electron chi connectivity index (χ0n) is 12.6. The van der Waals surface area contributed by atoms with E-state index in [0.29, 0.717) is 5.54 Å². The van der Waals surface area contributed by atoms with Crippen molar-refractivity contribution in [2.75, 3.05) is 39.8 Å². The Morgan fingerprint density at radius 3 is 2.75 bits per heavy atom. The van der Waals surface area contributed by atoms with Gasteiger partial charge in [0.1, 0.15) is 10.0 Å². The lowest BCUT2D eigenvalue weighted by atomic mass is 9.86. The van der Waals surface area contributed by atoms with Crippen LogP contribution in [0.2, 0.25) is 0 Å².